The fourth-order valence-corrected chi connectivity index (χ4v) is 1.25. The minimum Gasteiger partial charge on any atom is -0.476 e. The zero-order valence-corrected chi connectivity index (χ0v) is 7.45. The quantitative estimate of drug-likeness (QED) is 0.670. The van der Waals surface area contributed by atoms with Crippen LogP contribution in [0.25, 0.3) is 5.65 Å². The molecule has 0 aliphatic rings. The van der Waals surface area contributed by atoms with Gasteiger partial charge >= 0.3 is 11.7 Å². The number of hydrogen-bond acceptors (Lipinski definition) is 3. The molecule has 0 aromatic carbocycles. The Hall–Kier alpha value is -1.82. The van der Waals surface area contributed by atoms with Crippen molar-refractivity contribution in [1.82, 2.24) is 14.4 Å². The van der Waals surface area contributed by atoms with E-state index in [1.54, 1.807) is 0 Å². The van der Waals surface area contributed by atoms with E-state index in [1.165, 1.54) is 6.07 Å². The summed E-state index contributed by atoms with van der Waals surface area (Å²) in [5.41, 5.74) is -0.513. The van der Waals surface area contributed by atoms with Gasteiger partial charge in [0.1, 0.15) is 10.8 Å². The van der Waals surface area contributed by atoms with Gasteiger partial charge in [0.15, 0.2) is 5.69 Å². The molecule has 0 atom stereocenters. The molecule has 0 aliphatic heterocycles. The first kappa shape index (κ1) is 8.76. The SMILES string of the molecule is O=C(O)c1cn2c(=O)[nH]c(Cl)cc2n1. The van der Waals surface area contributed by atoms with Crippen LogP contribution in [0.4, 0.5) is 0 Å². The Morgan fingerprint density at radius 2 is 2.36 bits per heavy atom. The van der Waals surface area contributed by atoms with Gasteiger partial charge in [-0.2, -0.15) is 0 Å². The van der Waals surface area contributed by atoms with Crippen LogP contribution in [0.15, 0.2) is 17.1 Å². The lowest BCUT2D eigenvalue weighted by Gasteiger charge is -1.91. The number of aromatic carboxylic acids is 1. The molecule has 2 aromatic rings. The topological polar surface area (TPSA) is 87.5 Å². The standard InChI is InChI=1S/C7H4ClN3O3/c8-4-1-5-9-3(6(12)13)2-11(5)7(14)10-4/h1-2H,(H,10,14)(H,12,13). The molecule has 0 aliphatic carbocycles. The van der Waals surface area contributed by atoms with Crippen molar-refractivity contribution in [3.8, 4) is 0 Å². The van der Waals surface area contributed by atoms with Crippen LogP contribution in [0.5, 0.6) is 0 Å². The molecule has 2 N–H and O–H groups in total. The van der Waals surface area contributed by atoms with E-state index in [4.69, 9.17) is 16.7 Å². The van der Waals surface area contributed by atoms with E-state index in [-0.39, 0.29) is 16.5 Å². The third kappa shape index (κ3) is 1.25. The Morgan fingerprint density at radius 3 is 3.00 bits per heavy atom. The van der Waals surface area contributed by atoms with Crippen molar-refractivity contribution < 1.29 is 9.90 Å². The van der Waals surface area contributed by atoms with Crippen LogP contribution in [0.3, 0.4) is 0 Å². The summed E-state index contributed by atoms with van der Waals surface area (Å²) in [6, 6.07) is 1.37. The number of fused-ring (bicyclic) bond motifs is 1. The highest BCUT2D eigenvalue weighted by molar-refractivity contribution is 6.29. The number of nitrogens with one attached hydrogen (secondary N) is 1. The van der Waals surface area contributed by atoms with E-state index >= 15 is 0 Å². The number of imidazole rings is 1. The third-order valence-corrected chi connectivity index (χ3v) is 1.86. The maximum Gasteiger partial charge on any atom is 0.356 e. The van der Waals surface area contributed by atoms with E-state index in [9.17, 15) is 9.59 Å². The smallest absolute Gasteiger partial charge is 0.356 e. The molecule has 0 radical (unpaired) electrons. The Labute approximate surface area is 81.8 Å². The average Bonchev–Trinajstić information content (AvgIpc) is 2.47. The van der Waals surface area contributed by atoms with E-state index in [0.29, 0.717) is 0 Å². The predicted molar refractivity (Wildman–Crippen MR) is 47.8 cm³/mol. The van der Waals surface area contributed by atoms with Crippen LogP contribution in [0.1, 0.15) is 10.5 Å². The van der Waals surface area contributed by atoms with Crippen LogP contribution in [-0.4, -0.2) is 25.4 Å². The summed E-state index contributed by atoms with van der Waals surface area (Å²) in [5.74, 6) is -1.19. The molecule has 2 rings (SSSR count). The van der Waals surface area contributed by atoms with E-state index < -0.39 is 11.7 Å². The molecule has 0 saturated heterocycles. The van der Waals surface area contributed by atoms with Gasteiger partial charge in [0.2, 0.25) is 0 Å². The van der Waals surface area contributed by atoms with Crippen LogP contribution in [-0.2, 0) is 0 Å². The first-order chi connectivity index (χ1) is 6.58. The van der Waals surface area contributed by atoms with Gasteiger partial charge in [0, 0.05) is 12.3 Å². The van der Waals surface area contributed by atoms with Crippen molar-refractivity contribution in [2.24, 2.45) is 0 Å². The molecule has 0 spiro atoms. The summed E-state index contributed by atoms with van der Waals surface area (Å²) < 4.78 is 1.08. The van der Waals surface area contributed by atoms with Gasteiger partial charge in [0.25, 0.3) is 0 Å². The fraction of sp³-hybridized carbons (Fsp3) is 0. The van der Waals surface area contributed by atoms with Gasteiger partial charge in [-0.15, -0.1) is 0 Å². The van der Waals surface area contributed by atoms with Gasteiger partial charge in [-0.25, -0.2) is 14.6 Å². The number of aromatic nitrogens is 3. The maximum absolute atomic E-state index is 11.2. The van der Waals surface area contributed by atoms with Crippen LogP contribution in [0.2, 0.25) is 5.15 Å². The number of H-pyrrole nitrogens is 1. The number of carboxylic acid groups (broad SMARTS) is 1. The van der Waals surface area contributed by atoms with Crippen LogP contribution in [0, 0.1) is 0 Å². The van der Waals surface area contributed by atoms with Crippen LogP contribution < -0.4 is 5.69 Å². The second-order valence-electron chi connectivity index (χ2n) is 2.58. The number of carbonyl (C=O) groups is 1. The molecule has 6 nitrogen and oxygen atoms in total. The number of aromatic amines is 1. The number of hydrogen-bond donors (Lipinski definition) is 2. The zero-order chi connectivity index (χ0) is 10.3. The number of nitrogens with zero attached hydrogens (tertiary/aromatic N) is 2. The van der Waals surface area contributed by atoms with E-state index in [0.717, 1.165) is 10.6 Å². The Morgan fingerprint density at radius 1 is 1.64 bits per heavy atom. The number of carboxylic acids is 1. The largest absolute Gasteiger partial charge is 0.476 e. The summed E-state index contributed by atoms with van der Waals surface area (Å²) in [6.45, 7) is 0. The van der Waals surface area contributed by atoms with E-state index in [2.05, 4.69) is 9.97 Å². The first-order valence-electron chi connectivity index (χ1n) is 3.59. The molecule has 0 bridgehead atoms. The third-order valence-electron chi connectivity index (χ3n) is 1.65. The average molecular weight is 214 g/mol. The molecular weight excluding hydrogens is 210 g/mol. The summed E-state index contributed by atoms with van der Waals surface area (Å²) in [6.07, 6.45) is 1.13. The minimum absolute atomic E-state index is 0.116. The highest BCUT2D eigenvalue weighted by atomic mass is 35.5. The molecule has 2 aromatic heterocycles. The highest BCUT2D eigenvalue weighted by Crippen LogP contribution is 2.06. The Balaban J connectivity index is 2.83. The summed E-state index contributed by atoms with van der Waals surface area (Å²) in [4.78, 5) is 27.8. The van der Waals surface area contributed by atoms with E-state index in [1.807, 2.05) is 0 Å². The summed E-state index contributed by atoms with van der Waals surface area (Å²) in [5, 5.41) is 8.74. The summed E-state index contributed by atoms with van der Waals surface area (Å²) >= 11 is 5.56. The Bertz CT molecular complexity index is 571. The Kier molecular flexibility index (Phi) is 1.78. The monoisotopic (exact) mass is 213 g/mol. The van der Waals surface area contributed by atoms with Crippen molar-refractivity contribution in [1.29, 1.82) is 0 Å². The van der Waals surface area contributed by atoms with Gasteiger partial charge in [-0.3, -0.25) is 9.38 Å². The molecule has 72 valence electrons. The molecule has 2 heterocycles. The van der Waals surface area contributed by atoms with Crippen molar-refractivity contribution >= 4 is 23.2 Å². The molecular formula is C7H4ClN3O3. The minimum atomic E-state index is -1.19. The molecule has 0 amide bonds. The number of halogens is 1. The molecule has 0 unspecified atom stereocenters. The zero-order valence-electron chi connectivity index (χ0n) is 6.69. The molecule has 7 heteroatoms. The predicted octanol–water partition coefficient (Wildman–Crippen LogP) is 0.374. The van der Waals surface area contributed by atoms with Gasteiger partial charge in [-0.05, 0) is 0 Å². The summed E-state index contributed by atoms with van der Waals surface area (Å²) in [7, 11) is 0. The van der Waals surface area contributed by atoms with Gasteiger partial charge < -0.3 is 5.11 Å². The maximum atomic E-state index is 11.2. The normalized spacial score (nSPS) is 10.6. The molecule has 0 fully saturated rings. The molecule has 0 saturated carbocycles. The van der Waals surface area contributed by atoms with Crippen molar-refractivity contribution in [3.63, 3.8) is 0 Å². The number of rotatable bonds is 1. The van der Waals surface area contributed by atoms with Crippen molar-refractivity contribution in [3.05, 3.63) is 33.6 Å². The lowest BCUT2D eigenvalue weighted by Crippen LogP contribution is -2.14. The second kappa shape index (κ2) is 2.85. The molecule has 14 heavy (non-hydrogen) atoms. The highest BCUT2D eigenvalue weighted by Gasteiger charge is 2.10. The fourth-order valence-electron chi connectivity index (χ4n) is 1.07. The van der Waals surface area contributed by atoms with Gasteiger partial charge in [-0.1, -0.05) is 11.6 Å². The van der Waals surface area contributed by atoms with Crippen molar-refractivity contribution in [2.75, 3.05) is 0 Å². The second-order valence-corrected chi connectivity index (χ2v) is 2.99. The van der Waals surface area contributed by atoms with Crippen molar-refractivity contribution in [2.45, 2.75) is 0 Å². The van der Waals surface area contributed by atoms with Gasteiger partial charge in [0.05, 0.1) is 0 Å². The van der Waals surface area contributed by atoms with Crippen LogP contribution >= 0.6 is 11.6 Å². The first-order valence-corrected chi connectivity index (χ1v) is 3.97. The lowest BCUT2D eigenvalue weighted by atomic mass is 10.5. The lowest BCUT2D eigenvalue weighted by molar-refractivity contribution is 0.0691.